The fourth-order valence-corrected chi connectivity index (χ4v) is 3.43. The first-order valence-corrected chi connectivity index (χ1v) is 10.8. The van der Waals surface area contributed by atoms with Crippen molar-refractivity contribution < 1.29 is 19.4 Å². The molecule has 7 heteroatoms. The predicted octanol–water partition coefficient (Wildman–Crippen LogP) is 5.45. The highest BCUT2D eigenvalue weighted by Gasteiger charge is 2.23. The summed E-state index contributed by atoms with van der Waals surface area (Å²) in [6, 6.07) is 21.2. The molecule has 3 aromatic carbocycles. The second-order valence-corrected chi connectivity index (χ2v) is 8.73. The fourth-order valence-electron chi connectivity index (χ4n) is 3.43. The number of amides is 1. The van der Waals surface area contributed by atoms with Gasteiger partial charge in [0.05, 0.1) is 22.5 Å². The first-order chi connectivity index (χ1) is 16.2. The Morgan fingerprint density at radius 3 is 2.29 bits per heavy atom. The van der Waals surface area contributed by atoms with E-state index in [9.17, 15) is 14.7 Å². The summed E-state index contributed by atoms with van der Waals surface area (Å²) in [6.07, 6.45) is 3.35. The third-order valence-corrected chi connectivity index (χ3v) is 4.99. The third kappa shape index (κ3) is 5.15. The van der Waals surface area contributed by atoms with Gasteiger partial charge in [0.2, 0.25) is 0 Å². The van der Waals surface area contributed by atoms with Crippen LogP contribution < -0.4 is 5.32 Å². The van der Waals surface area contributed by atoms with Crippen molar-refractivity contribution in [1.29, 1.82) is 0 Å². The molecule has 0 aliphatic rings. The molecule has 0 unspecified atom stereocenters. The number of anilines is 1. The summed E-state index contributed by atoms with van der Waals surface area (Å²) in [5, 5.41) is 17.4. The van der Waals surface area contributed by atoms with E-state index in [4.69, 9.17) is 4.74 Å². The molecule has 0 aliphatic carbocycles. The summed E-state index contributed by atoms with van der Waals surface area (Å²) in [5.41, 5.74) is 2.24. The molecule has 4 rings (SSSR count). The van der Waals surface area contributed by atoms with Crippen molar-refractivity contribution in [1.82, 2.24) is 9.78 Å². The van der Waals surface area contributed by atoms with Gasteiger partial charge in [-0.25, -0.2) is 9.48 Å². The van der Waals surface area contributed by atoms with Gasteiger partial charge < -0.3 is 15.2 Å². The summed E-state index contributed by atoms with van der Waals surface area (Å²) < 4.78 is 7.10. The van der Waals surface area contributed by atoms with Crippen molar-refractivity contribution in [2.24, 2.45) is 0 Å². The molecule has 0 radical (unpaired) electrons. The van der Waals surface area contributed by atoms with Gasteiger partial charge in [0.1, 0.15) is 11.4 Å². The van der Waals surface area contributed by atoms with Crippen LogP contribution >= 0.6 is 0 Å². The van der Waals surface area contributed by atoms with Crippen LogP contribution in [0.25, 0.3) is 16.8 Å². The van der Waals surface area contributed by atoms with Crippen LogP contribution in [-0.2, 0) is 4.74 Å². The first kappa shape index (κ1) is 22.8. The monoisotopic (exact) mass is 455 g/mol. The average molecular weight is 456 g/mol. The minimum atomic E-state index is -0.697. The molecule has 1 heterocycles. The molecule has 0 saturated carbocycles. The zero-order valence-corrected chi connectivity index (χ0v) is 19.1. The highest BCUT2D eigenvalue weighted by molar-refractivity contribution is 6.10. The number of aromatic hydroxyl groups is 1. The normalized spacial score (nSPS) is 11.1. The highest BCUT2D eigenvalue weighted by Crippen LogP contribution is 2.29. The zero-order valence-electron chi connectivity index (χ0n) is 19.1. The fraction of sp³-hybridized carbons (Fsp3) is 0.148. The average Bonchev–Trinajstić information content (AvgIpc) is 3.33. The van der Waals surface area contributed by atoms with E-state index in [-0.39, 0.29) is 22.6 Å². The molecule has 0 bridgehead atoms. The molecule has 34 heavy (non-hydrogen) atoms. The molecule has 0 atom stereocenters. The molecular weight excluding hydrogens is 430 g/mol. The highest BCUT2D eigenvalue weighted by atomic mass is 16.6. The summed E-state index contributed by atoms with van der Waals surface area (Å²) in [7, 11) is 0. The molecule has 7 nitrogen and oxygen atoms in total. The number of nitrogens with zero attached hydrogens (tertiary/aromatic N) is 2. The number of esters is 1. The molecule has 0 spiro atoms. The van der Waals surface area contributed by atoms with Gasteiger partial charge in [-0.15, -0.1) is 0 Å². The van der Waals surface area contributed by atoms with Crippen LogP contribution in [0.1, 0.15) is 41.5 Å². The van der Waals surface area contributed by atoms with E-state index < -0.39 is 17.5 Å². The third-order valence-electron chi connectivity index (χ3n) is 4.99. The number of carbonyl (C=O) groups is 2. The van der Waals surface area contributed by atoms with Gasteiger partial charge in [0.15, 0.2) is 0 Å². The second kappa shape index (κ2) is 9.23. The van der Waals surface area contributed by atoms with Gasteiger partial charge in [-0.05, 0) is 62.2 Å². The topological polar surface area (TPSA) is 93.5 Å². The lowest BCUT2D eigenvalue weighted by atomic mass is 10.0. The summed E-state index contributed by atoms with van der Waals surface area (Å²) in [5.74, 6) is -1.32. The number of hydrogen-bond acceptors (Lipinski definition) is 5. The Balaban J connectivity index is 1.68. The van der Waals surface area contributed by atoms with Crippen molar-refractivity contribution >= 4 is 17.6 Å². The number of carbonyl (C=O) groups excluding carboxylic acids is 2. The van der Waals surface area contributed by atoms with Gasteiger partial charge >= 0.3 is 5.97 Å². The number of nitrogens with one attached hydrogen (secondary N) is 1. The molecule has 4 aromatic rings. The Labute approximate surface area is 197 Å². The van der Waals surface area contributed by atoms with Crippen molar-refractivity contribution in [3.8, 4) is 22.6 Å². The van der Waals surface area contributed by atoms with Crippen LogP contribution in [0.15, 0.2) is 85.2 Å². The van der Waals surface area contributed by atoms with E-state index in [0.29, 0.717) is 5.69 Å². The minimum absolute atomic E-state index is 0.0659. The van der Waals surface area contributed by atoms with Crippen LogP contribution in [-0.4, -0.2) is 32.4 Å². The van der Waals surface area contributed by atoms with E-state index in [0.717, 1.165) is 11.1 Å². The van der Waals surface area contributed by atoms with E-state index >= 15 is 0 Å². The van der Waals surface area contributed by atoms with Gasteiger partial charge in [0.25, 0.3) is 5.91 Å². The Bertz CT molecular complexity index is 1320. The molecule has 2 N–H and O–H groups in total. The number of phenolic OH excluding ortho intramolecular Hbond substituents is 1. The van der Waals surface area contributed by atoms with Crippen LogP contribution in [0.3, 0.4) is 0 Å². The molecule has 1 amide bonds. The largest absolute Gasteiger partial charge is 0.507 e. The second-order valence-electron chi connectivity index (χ2n) is 8.73. The number of ether oxygens (including phenoxy) is 1. The summed E-state index contributed by atoms with van der Waals surface area (Å²) in [6.45, 7) is 5.34. The Hall–Kier alpha value is -4.39. The standard InChI is InChI=1S/C27H25N3O4/c1-27(2,3)34-26(33)21-12-10-19(18-8-5-4-6-9-18)16-23(21)29-25(32)22-13-11-20(17-24(22)31)30-15-7-14-28-30/h4-17,31H,1-3H3,(H,29,32). The lowest BCUT2D eigenvalue weighted by molar-refractivity contribution is 0.00708. The van der Waals surface area contributed by atoms with Crippen LogP contribution in [0, 0.1) is 0 Å². The van der Waals surface area contributed by atoms with Gasteiger partial charge in [-0.2, -0.15) is 5.10 Å². The Morgan fingerprint density at radius 2 is 1.65 bits per heavy atom. The first-order valence-electron chi connectivity index (χ1n) is 10.8. The maximum Gasteiger partial charge on any atom is 0.340 e. The van der Waals surface area contributed by atoms with E-state index in [1.165, 1.54) is 12.1 Å². The van der Waals surface area contributed by atoms with Crippen molar-refractivity contribution in [2.75, 3.05) is 5.32 Å². The number of aromatic nitrogens is 2. The van der Waals surface area contributed by atoms with Gasteiger partial charge in [-0.3, -0.25) is 4.79 Å². The van der Waals surface area contributed by atoms with Crippen molar-refractivity contribution in [3.63, 3.8) is 0 Å². The van der Waals surface area contributed by atoms with E-state index in [2.05, 4.69) is 10.4 Å². The maximum absolute atomic E-state index is 13.1. The van der Waals surface area contributed by atoms with Gasteiger partial charge in [-0.1, -0.05) is 36.4 Å². The Morgan fingerprint density at radius 1 is 0.912 bits per heavy atom. The minimum Gasteiger partial charge on any atom is -0.507 e. The van der Waals surface area contributed by atoms with Crippen molar-refractivity contribution in [2.45, 2.75) is 26.4 Å². The quantitative estimate of drug-likeness (QED) is 0.390. The lowest BCUT2D eigenvalue weighted by Gasteiger charge is -2.21. The number of rotatable bonds is 5. The number of phenols is 1. The zero-order chi connectivity index (χ0) is 24.3. The van der Waals surface area contributed by atoms with Gasteiger partial charge in [0, 0.05) is 18.5 Å². The summed E-state index contributed by atoms with van der Waals surface area (Å²) in [4.78, 5) is 26.0. The lowest BCUT2D eigenvalue weighted by Crippen LogP contribution is -2.25. The number of benzene rings is 3. The molecule has 1 aromatic heterocycles. The number of hydrogen-bond donors (Lipinski definition) is 2. The van der Waals surface area contributed by atoms with E-state index in [1.54, 1.807) is 68.2 Å². The molecule has 172 valence electrons. The summed E-state index contributed by atoms with van der Waals surface area (Å²) >= 11 is 0. The van der Waals surface area contributed by atoms with Crippen LogP contribution in [0.2, 0.25) is 0 Å². The SMILES string of the molecule is CC(C)(C)OC(=O)c1ccc(-c2ccccc2)cc1NC(=O)c1ccc(-n2cccn2)cc1O. The van der Waals surface area contributed by atoms with Crippen LogP contribution in [0.5, 0.6) is 5.75 Å². The van der Waals surface area contributed by atoms with E-state index in [1.807, 2.05) is 30.3 Å². The molecule has 0 aliphatic heterocycles. The predicted molar refractivity (Wildman–Crippen MR) is 130 cm³/mol. The molecule has 0 fully saturated rings. The molecule has 0 saturated heterocycles. The van der Waals surface area contributed by atoms with Crippen molar-refractivity contribution in [3.05, 3.63) is 96.3 Å². The van der Waals surface area contributed by atoms with Crippen LogP contribution in [0.4, 0.5) is 5.69 Å². The molecular formula is C27H25N3O4. The Kier molecular flexibility index (Phi) is 6.19. The smallest absolute Gasteiger partial charge is 0.340 e. The maximum atomic E-state index is 13.1.